The highest BCUT2D eigenvalue weighted by molar-refractivity contribution is 7.89. The zero-order valence-electron chi connectivity index (χ0n) is 26.3. The highest BCUT2D eigenvalue weighted by Gasteiger charge is 2.39. The fourth-order valence-corrected chi connectivity index (χ4v) is 7.49. The molecular weight excluding hydrogens is 690 g/mol. The summed E-state index contributed by atoms with van der Waals surface area (Å²) >= 11 is 0. The molecule has 0 radical (unpaired) electrons. The van der Waals surface area contributed by atoms with Gasteiger partial charge in [0.2, 0.25) is 21.7 Å². The molecule has 1 aliphatic rings. The van der Waals surface area contributed by atoms with Gasteiger partial charge in [-0.1, -0.05) is 55.7 Å². The molecule has 15 heteroatoms. The van der Waals surface area contributed by atoms with Crippen molar-refractivity contribution in [3.05, 3.63) is 124 Å². The number of benzene rings is 4. The molecule has 1 saturated carbocycles. The molecule has 0 bridgehead atoms. The molecule has 4 aromatic rings. The molecule has 266 valence electrons. The molecule has 50 heavy (non-hydrogen) atoms. The van der Waals surface area contributed by atoms with Crippen LogP contribution in [0.25, 0.3) is 0 Å². The first-order chi connectivity index (χ1) is 23.7. The summed E-state index contributed by atoms with van der Waals surface area (Å²) in [6.45, 7) is -2.46. The Kier molecular flexibility index (Phi) is 11.2. The molecule has 0 saturated heterocycles. The molecule has 0 atom stereocenters. The van der Waals surface area contributed by atoms with Gasteiger partial charge in [-0.15, -0.1) is 0 Å². The first kappa shape index (κ1) is 36.8. The minimum absolute atomic E-state index is 0.0763. The number of aromatic hydroxyl groups is 1. The lowest BCUT2D eigenvalue weighted by atomic mass is 9.84. The van der Waals surface area contributed by atoms with Gasteiger partial charge in [-0.25, -0.2) is 34.8 Å². The summed E-state index contributed by atoms with van der Waals surface area (Å²) in [4.78, 5) is 12.8. The Balaban J connectivity index is 1.56. The van der Waals surface area contributed by atoms with Crippen LogP contribution in [0.1, 0.15) is 66.6 Å². The van der Waals surface area contributed by atoms with Crippen LogP contribution < -0.4 is 4.90 Å². The van der Waals surface area contributed by atoms with Crippen LogP contribution in [0, 0.1) is 34.9 Å². The third-order valence-corrected chi connectivity index (χ3v) is 10.4. The Morgan fingerprint density at radius 2 is 1.38 bits per heavy atom. The van der Waals surface area contributed by atoms with Gasteiger partial charge in [0.15, 0.2) is 34.5 Å². The van der Waals surface area contributed by atoms with Crippen molar-refractivity contribution in [2.45, 2.75) is 62.3 Å². The van der Waals surface area contributed by atoms with E-state index in [1.165, 1.54) is 18.2 Å². The first-order valence-electron chi connectivity index (χ1n) is 15.5. The third kappa shape index (κ3) is 7.80. The number of anilines is 1. The van der Waals surface area contributed by atoms with E-state index in [2.05, 4.69) is 0 Å². The summed E-state index contributed by atoms with van der Waals surface area (Å²) in [5, 5.41) is 29.6. The number of phenols is 1. The smallest absolute Gasteiger partial charge is 0.249 e. The number of carbonyl (C=O) groups excluding carboxylic acids is 1. The number of hydrogen-bond acceptors (Lipinski definition) is 6. The number of phenolic OH excluding ortho intramolecular Hbond substituents is 1. The van der Waals surface area contributed by atoms with Crippen molar-refractivity contribution in [2.75, 3.05) is 11.4 Å². The monoisotopic (exact) mass is 722 g/mol. The molecule has 3 N–H and O–H groups in total. The van der Waals surface area contributed by atoms with Crippen molar-refractivity contribution in [2.24, 2.45) is 0 Å². The summed E-state index contributed by atoms with van der Waals surface area (Å²) in [5.41, 5.74) is 1.09. The zero-order chi connectivity index (χ0) is 36.3. The van der Waals surface area contributed by atoms with E-state index in [9.17, 15) is 54.9 Å². The van der Waals surface area contributed by atoms with Gasteiger partial charge in [0, 0.05) is 23.9 Å². The summed E-state index contributed by atoms with van der Waals surface area (Å²) < 4.78 is 114. The lowest BCUT2D eigenvalue weighted by Gasteiger charge is -2.28. The largest absolute Gasteiger partial charge is 0.507 e. The highest BCUT2D eigenvalue weighted by Crippen LogP contribution is 2.34. The van der Waals surface area contributed by atoms with Crippen LogP contribution in [0.5, 0.6) is 5.75 Å². The van der Waals surface area contributed by atoms with Crippen molar-refractivity contribution in [3.8, 4) is 5.75 Å². The fraction of sp³-hybridized carbons (Fsp3) is 0.286. The Morgan fingerprint density at radius 1 is 0.760 bits per heavy atom. The van der Waals surface area contributed by atoms with Gasteiger partial charge < -0.3 is 20.2 Å². The van der Waals surface area contributed by atoms with Crippen LogP contribution in [0.15, 0.2) is 71.6 Å². The van der Waals surface area contributed by atoms with Crippen molar-refractivity contribution < 1.29 is 54.9 Å². The quantitative estimate of drug-likeness (QED) is 0.0689. The number of nitrogens with zero attached hydrogens (tertiary/aromatic N) is 2. The van der Waals surface area contributed by atoms with Gasteiger partial charge in [-0.05, 0) is 59.7 Å². The molecule has 0 heterocycles. The van der Waals surface area contributed by atoms with Crippen molar-refractivity contribution >= 4 is 21.6 Å². The molecule has 1 aliphatic carbocycles. The maximum absolute atomic E-state index is 14.9. The molecule has 1 fully saturated rings. The maximum Gasteiger partial charge on any atom is 0.249 e. The molecule has 8 nitrogen and oxygen atoms in total. The fourth-order valence-electron chi connectivity index (χ4n) is 6.00. The predicted molar refractivity (Wildman–Crippen MR) is 169 cm³/mol. The standard InChI is InChI=1S/C35H32F6N2O6S/c36-24-8-4-5-21(15-24)17-42(50(48,49)34-32(40)30(38)29(37)31(39)33(34)41)19-28(45)43(25-13-14-26(35(46)47)27(44)16-25)18-20-9-11-23(12-10-20)22-6-2-1-3-7-22/h4-5,8-16,22,35,44,46-47H,1-3,6-7,17-19H2. The summed E-state index contributed by atoms with van der Waals surface area (Å²) in [6.07, 6.45) is 3.29. The topological polar surface area (TPSA) is 118 Å². The predicted octanol–water partition coefficient (Wildman–Crippen LogP) is 6.68. The Hall–Kier alpha value is -4.44. The Labute approximate surface area is 283 Å². The second-order valence-corrected chi connectivity index (χ2v) is 13.9. The van der Waals surface area contributed by atoms with E-state index in [-0.39, 0.29) is 27.7 Å². The van der Waals surface area contributed by atoms with E-state index in [0.717, 1.165) is 66.8 Å². The van der Waals surface area contributed by atoms with Gasteiger partial charge in [0.05, 0.1) is 13.1 Å². The van der Waals surface area contributed by atoms with Crippen molar-refractivity contribution in [3.63, 3.8) is 0 Å². The molecule has 0 aromatic heterocycles. The molecule has 4 aromatic carbocycles. The van der Waals surface area contributed by atoms with Gasteiger partial charge in [-0.3, -0.25) is 4.79 Å². The zero-order valence-corrected chi connectivity index (χ0v) is 27.1. The summed E-state index contributed by atoms with van der Waals surface area (Å²) in [7, 11) is -5.71. The molecule has 1 amide bonds. The van der Waals surface area contributed by atoms with Gasteiger partial charge in [-0.2, -0.15) is 4.31 Å². The van der Waals surface area contributed by atoms with Crippen LogP contribution in [-0.4, -0.2) is 40.5 Å². The minimum Gasteiger partial charge on any atom is -0.507 e. The van der Waals surface area contributed by atoms with Gasteiger partial charge >= 0.3 is 0 Å². The number of halogens is 6. The average Bonchev–Trinajstić information content (AvgIpc) is 3.09. The van der Waals surface area contributed by atoms with Gasteiger partial charge in [0.1, 0.15) is 11.6 Å². The summed E-state index contributed by atoms with van der Waals surface area (Å²) in [6, 6.07) is 14.8. The average molecular weight is 723 g/mol. The van der Waals surface area contributed by atoms with Crippen LogP contribution in [0.3, 0.4) is 0 Å². The lowest BCUT2D eigenvalue weighted by molar-refractivity contribution is -0.119. The van der Waals surface area contributed by atoms with Crippen molar-refractivity contribution in [1.29, 1.82) is 0 Å². The van der Waals surface area contributed by atoms with Crippen LogP contribution in [0.2, 0.25) is 0 Å². The number of aliphatic hydroxyl groups is 2. The SMILES string of the molecule is O=C(CN(Cc1cccc(F)c1)S(=O)(=O)c1c(F)c(F)c(F)c(F)c1F)N(Cc1ccc(C2CCCCC2)cc1)c1ccc(C(O)O)c(O)c1. The number of hydrogen-bond donors (Lipinski definition) is 3. The maximum atomic E-state index is 14.9. The van der Waals surface area contributed by atoms with E-state index in [0.29, 0.717) is 11.5 Å². The molecule has 0 aliphatic heterocycles. The molecular formula is C35H32F6N2O6S. The normalized spacial score (nSPS) is 14.0. The Morgan fingerprint density at radius 3 is 1.96 bits per heavy atom. The van der Waals surface area contributed by atoms with Crippen LogP contribution in [-0.2, 0) is 27.9 Å². The number of rotatable bonds is 11. The lowest BCUT2D eigenvalue weighted by Crippen LogP contribution is -2.43. The first-order valence-corrected chi connectivity index (χ1v) is 17.0. The van der Waals surface area contributed by atoms with E-state index >= 15 is 0 Å². The number of sulfonamides is 1. The van der Waals surface area contributed by atoms with E-state index in [1.54, 1.807) is 12.1 Å². The molecule has 0 spiro atoms. The number of aliphatic hydroxyl groups excluding tert-OH is 1. The minimum atomic E-state index is -5.71. The number of amides is 1. The van der Waals surface area contributed by atoms with E-state index in [4.69, 9.17) is 0 Å². The van der Waals surface area contributed by atoms with E-state index < -0.39 is 80.9 Å². The molecule has 0 unspecified atom stereocenters. The molecule has 5 rings (SSSR count). The highest BCUT2D eigenvalue weighted by atomic mass is 32.2. The third-order valence-electron chi connectivity index (χ3n) is 8.63. The van der Waals surface area contributed by atoms with E-state index in [1.807, 2.05) is 12.1 Å². The second kappa shape index (κ2) is 15.2. The van der Waals surface area contributed by atoms with Crippen LogP contribution in [0.4, 0.5) is 32.0 Å². The second-order valence-electron chi connectivity index (χ2n) is 12.0. The number of carbonyl (C=O) groups is 1. The Bertz CT molecular complexity index is 1960. The van der Waals surface area contributed by atoms with Gasteiger partial charge in [0.25, 0.3) is 0 Å². The van der Waals surface area contributed by atoms with Crippen LogP contribution >= 0.6 is 0 Å². The summed E-state index contributed by atoms with van der Waals surface area (Å²) in [5.74, 6) is -15.2. The van der Waals surface area contributed by atoms with Crippen molar-refractivity contribution in [1.82, 2.24) is 4.31 Å².